The first kappa shape index (κ1) is 21.1. The fourth-order valence-corrected chi connectivity index (χ4v) is 4.71. The van der Waals surface area contributed by atoms with Crippen LogP contribution >= 0.6 is 49.2 Å². The quantitative estimate of drug-likeness (QED) is 0.364. The van der Waals surface area contributed by atoms with Crippen molar-refractivity contribution < 1.29 is 4.74 Å². The van der Waals surface area contributed by atoms with E-state index < -0.39 is 10.0 Å². The molecule has 0 fully saturated rings. The molecule has 0 spiro atoms. The molecular weight excluding hydrogens is 469 g/mol. The van der Waals surface area contributed by atoms with Gasteiger partial charge >= 0.3 is 0 Å². The van der Waals surface area contributed by atoms with Gasteiger partial charge < -0.3 is 9.30 Å². The Morgan fingerprint density at radius 3 is 2.56 bits per heavy atom. The van der Waals surface area contributed by atoms with Crippen LogP contribution in [-0.2, 0) is 18.0 Å². The van der Waals surface area contributed by atoms with Crippen LogP contribution in [0.1, 0.15) is 6.92 Å². The number of hydrogen-bond donors (Lipinski definition) is 0. The molecule has 27 heavy (non-hydrogen) atoms. The van der Waals surface area contributed by atoms with Crippen LogP contribution in [0.15, 0.2) is 29.0 Å². The fraction of sp³-hybridized carbons (Fsp3) is 0.421. The van der Waals surface area contributed by atoms with E-state index in [4.69, 9.17) is 27.9 Å². The van der Waals surface area contributed by atoms with Gasteiger partial charge in [-0.3, -0.25) is 0 Å². The highest BCUT2D eigenvalue weighted by molar-refractivity contribution is 9.10. The van der Waals surface area contributed by atoms with Gasteiger partial charge in [-0.1, -0.05) is 39.1 Å². The highest BCUT2D eigenvalue weighted by atomic mass is 79.9. The van der Waals surface area contributed by atoms with Crippen molar-refractivity contribution in [3.8, 4) is 11.1 Å². The molecular formula is C19H24BrCl2N3OS. The molecule has 1 aromatic carbocycles. The number of aryl methyl sites for hydroxylation is 1. The van der Waals surface area contributed by atoms with Crippen molar-refractivity contribution in [2.75, 3.05) is 31.1 Å². The van der Waals surface area contributed by atoms with E-state index in [1.165, 1.54) is 0 Å². The first-order valence-electron chi connectivity index (χ1n) is 8.64. The minimum Gasteiger partial charge on any atom is -0.358 e. The lowest BCUT2D eigenvalue weighted by atomic mass is 10.1. The second-order valence-electron chi connectivity index (χ2n) is 7.32. The van der Waals surface area contributed by atoms with E-state index in [2.05, 4.69) is 63.5 Å². The zero-order chi connectivity index (χ0) is 19.8. The third-order valence-corrected chi connectivity index (χ3v) is 6.72. The standard InChI is InChI=1S/C19H24BrCl2N3OS/c1-5-24-10-15(14-8-13(20)9-17(21)18(14)24)16-11-25(23-19(16)22)12-26-6-7-27(2,3)4/h8-11H,5-7,12H2,1-4H3. The van der Waals surface area contributed by atoms with Crippen LogP contribution in [-0.4, -0.2) is 45.5 Å². The van der Waals surface area contributed by atoms with E-state index in [-0.39, 0.29) is 0 Å². The summed E-state index contributed by atoms with van der Waals surface area (Å²) in [5.41, 5.74) is 2.91. The van der Waals surface area contributed by atoms with Crippen molar-refractivity contribution >= 4 is 60.1 Å². The minimum atomic E-state index is -0.558. The summed E-state index contributed by atoms with van der Waals surface area (Å²) in [6, 6.07) is 3.98. The summed E-state index contributed by atoms with van der Waals surface area (Å²) in [6.07, 6.45) is 10.9. The average molecular weight is 493 g/mol. The van der Waals surface area contributed by atoms with Crippen molar-refractivity contribution in [2.45, 2.75) is 20.2 Å². The van der Waals surface area contributed by atoms with Gasteiger partial charge in [0.2, 0.25) is 0 Å². The minimum absolute atomic E-state index is 0.395. The van der Waals surface area contributed by atoms with E-state index in [1.807, 2.05) is 12.3 Å². The lowest BCUT2D eigenvalue weighted by Gasteiger charge is -2.24. The summed E-state index contributed by atoms with van der Waals surface area (Å²) in [6.45, 7) is 4.04. The number of nitrogens with zero attached hydrogens (tertiary/aromatic N) is 3. The summed E-state index contributed by atoms with van der Waals surface area (Å²) in [4.78, 5) is 0. The number of rotatable bonds is 7. The smallest absolute Gasteiger partial charge is 0.159 e. The Kier molecular flexibility index (Phi) is 6.53. The molecule has 2 aromatic heterocycles. The molecule has 2 heterocycles. The molecule has 0 atom stereocenters. The summed E-state index contributed by atoms with van der Waals surface area (Å²) in [5, 5.41) is 6.64. The largest absolute Gasteiger partial charge is 0.358 e. The molecule has 4 nitrogen and oxygen atoms in total. The first-order valence-corrected chi connectivity index (χ1v) is 13.2. The molecule has 3 aromatic rings. The number of fused-ring (bicyclic) bond motifs is 1. The van der Waals surface area contributed by atoms with Crippen molar-refractivity contribution in [1.29, 1.82) is 0 Å². The van der Waals surface area contributed by atoms with E-state index in [0.29, 0.717) is 16.9 Å². The average Bonchev–Trinajstić information content (AvgIpc) is 3.11. The molecule has 0 bridgehead atoms. The molecule has 3 rings (SSSR count). The Morgan fingerprint density at radius 2 is 1.89 bits per heavy atom. The van der Waals surface area contributed by atoms with E-state index in [1.54, 1.807) is 4.68 Å². The molecule has 0 amide bonds. The van der Waals surface area contributed by atoms with Crippen LogP contribution in [0.5, 0.6) is 0 Å². The molecule has 0 aliphatic rings. The van der Waals surface area contributed by atoms with Gasteiger partial charge in [0.1, 0.15) is 6.73 Å². The van der Waals surface area contributed by atoms with Crippen LogP contribution < -0.4 is 0 Å². The SMILES string of the molecule is CCn1cc(-c2cn(COCCS(C)(C)C)nc2Cl)c2cc(Br)cc(Cl)c21. The molecule has 0 unspecified atom stereocenters. The maximum atomic E-state index is 6.49. The summed E-state index contributed by atoms with van der Waals surface area (Å²) in [5.74, 6) is 1.07. The van der Waals surface area contributed by atoms with E-state index in [0.717, 1.165) is 45.4 Å². The molecule has 0 saturated carbocycles. The second-order valence-corrected chi connectivity index (χ2v) is 13.6. The molecule has 0 aliphatic carbocycles. The predicted octanol–water partition coefficient (Wildman–Crippen LogP) is 6.26. The molecule has 0 radical (unpaired) electrons. The molecule has 8 heteroatoms. The normalized spacial score (nSPS) is 12.9. The number of aromatic nitrogens is 3. The molecule has 148 valence electrons. The predicted molar refractivity (Wildman–Crippen MR) is 123 cm³/mol. The van der Waals surface area contributed by atoms with Gasteiger partial charge in [0.05, 0.1) is 17.1 Å². The van der Waals surface area contributed by atoms with Crippen LogP contribution in [0.2, 0.25) is 10.2 Å². The summed E-state index contributed by atoms with van der Waals surface area (Å²) in [7, 11) is -0.558. The lowest BCUT2D eigenvalue weighted by Crippen LogP contribution is -2.10. The Hall–Kier alpha value is -0.660. The number of benzene rings is 1. The van der Waals surface area contributed by atoms with E-state index >= 15 is 0 Å². The summed E-state index contributed by atoms with van der Waals surface area (Å²) < 4.78 is 10.6. The third-order valence-electron chi connectivity index (χ3n) is 4.30. The lowest BCUT2D eigenvalue weighted by molar-refractivity contribution is 0.0810. The van der Waals surface area contributed by atoms with Crippen LogP contribution in [0.25, 0.3) is 22.0 Å². The Labute approximate surface area is 180 Å². The second kappa shape index (κ2) is 8.37. The van der Waals surface area contributed by atoms with E-state index in [9.17, 15) is 0 Å². The van der Waals surface area contributed by atoms with Crippen LogP contribution in [0.4, 0.5) is 0 Å². The Balaban J connectivity index is 1.90. The fourth-order valence-electron chi connectivity index (χ4n) is 2.93. The third kappa shape index (κ3) is 4.85. The maximum Gasteiger partial charge on any atom is 0.159 e. The van der Waals surface area contributed by atoms with Gasteiger partial charge in [0, 0.05) is 45.7 Å². The maximum absolute atomic E-state index is 6.49. The Morgan fingerprint density at radius 1 is 1.15 bits per heavy atom. The van der Waals surface area contributed by atoms with Gasteiger partial charge in [-0.2, -0.15) is 5.10 Å². The van der Waals surface area contributed by atoms with Crippen molar-refractivity contribution in [3.63, 3.8) is 0 Å². The van der Waals surface area contributed by atoms with Crippen LogP contribution in [0, 0.1) is 0 Å². The zero-order valence-corrected chi connectivity index (χ0v) is 19.8. The van der Waals surface area contributed by atoms with Gasteiger partial charge in [-0.15, -0.1) is 0 Å². The van der Waals surface area contributed by atoms with Gasteiger partial charge in [0.25, 0.3) is 0 Å². The first-order chi connectivity index (χ1) is 12.7. The number of ether oxygens (including phenoxy) is 1. The highest BCUT2D eigenvalue weighted by Crippen LogP contribution is 2.39. The van der Waals surface area contributed by atoms with Crippen molar-refractivity contribution in [2.24, 2.45) is 0 Å². The highest BCUT2D eigenvalue weighted by Gasteiger charge is 2.18. The van der Waals surface area contributed by atoms with Crippen molar-refractivity contribution in [1.82, 2.24) is 14.3 Å². The van der Waals surface area contributed by atoms with Gasteiger partial charge in [-0.25, -0.2) is 14.7 Å². The van der Waals surface area contributed by atoms with Gasteiger partial charge in [0.15, 0.2) is 5.15 Å². The summed E-state index contributed by atoms with van der Waals surface area (Å²) >= 11 is 16.5. The molecule has 0 saturated heterocycles. The Bertz CT molecular complexity index is 962. The zero-order valence-electron chi connectivity index (χ0n) is 15.9. The van der Waals surface area contributed by atoms with Crippen LogP contribution in [0.3, 0.4) is 0 Å². The van der Waals surface area contributed by atoms with Gasteiger partial charge in [-0.05, 0) is 37.8 Å². The number of hydrogen-bond acceptors (Lipinski definition) is 2. The molecule has 0 aliphatic heterocycles. The topological polar surface area (TPSA) is 32.0 Å². The van der Waals surface area contributed by atoms with Crippen molar-refractivity contribution in [3.05, 3.63) is 39.2 Å². The monoisotopic (exact) mass is 491 g/mol. The molecule has 0 N–H and O–H groups in total. The number of halogens is 3.